The minimum Gasteiger partial charge on any atom is -0.462 e. The zero-order valence-corrected chi connectivity index (χ0v) is 34.8. The van der Waals surface area contributed by atoms with E-state index in [0.29, 0.717) is 12.8 Å². The molecular formula is C43H77O10P. The van der Waals surface area contributed by atoms with E-state index in [9.17, 15) is 24.2 Å². The van der Waals surface area contributed by atoms with Crippen molar-refractivity contribution in [1.82, 2.24) is 0 Å². The van der Waals surface area contributed by atoms with Crippen molar-refractivity contribution in [2.24, 2.45) is 0 Å². The number of phosphoric ester groups is 1. The van der Waals surface area contributed by atoms with Crippen LogP contribution in [-0.2, 0) is 32.7 Å². The molecule has 0 aliphatic heterocycles. The lowest BCUT2D eigenvalue weighted by atomic mass is 10.0. The smallest absolute Gasteiger partial charge is 0.462 e. The van der Waals surface area contributed by atoms with Crippen LogP contribution in [0.2, 0.25) is 0 Å². The third-order valence-corrected chi connectivity index (χ3v) is 9.79. The molecule has 11 heteroatoms. The van der Waals surface area contributed by atoms with Crippen LogP contribution in [-0.4, -0.2) is 65.7 Å². The van der Waals surface area contributed by atoms with Gasteiger partial charge in [0.25, 0.3) is 0 Å². The average Bonchev–Trinajstić information content (AvgIpc) is 3.16. The SMILES string of the molecule is CC/C=C/C=C/C=C/C=C/CCCCCC(=O)OC(COC(=O)CCCCCCCCCCCCCCCCCCCC)COP(=O)(O)OC[C@H](O)CO. The number of phosphoric acid groups is 1. The maximum atomic E-state index is 12.6. The van der Waals surface area contributed by atoms with Crippen molar-refractivity contribution in [3.8, 4) is 0 Å². The largest absolute Gasteiger partial charge is 0.472 e. The zero-order valence-electron chi connectivity index (χ0n) is 33.9. The van der Waals surface area contributed by atoms with Crippen LogP contribution in [0.4, 0.5) is 0 Å². The van der Waals surface area contributed by atoms with Crippen molar-refractivity contribution in [1.29, 1.82) is 0 Å². The summed E-state index contributed by atoms with van der Waals surface area (Å²) in [6, 6.07) is 0. The fourth-order valence-corrected chi connectivity index (χ4v) is 6.38. The topological polar surface area (TPSA) is 149 Å². The van der Waals surface area contributed by atoms with E-state index < -0.39 is 51.8 Å². The van der Waals surface area contributed by atoms with Crippen molar-refractivity contribution in [3.63, 3.8) is 0 Å². The molecule has 0 saturated carbocycles. The van der Waals surface area contributed by atoms with Crippen molar-refractivity contribution >= 4 is 19.8 Å². The van der Waals surface area contributed by atoms with Crippen LogP contribution >= 0.6 is 7.82 Å². The number of aliphatic hydroxyl groups is 2. The Bertz CT molecular complexity index is 1040. The highest BCUT2D eigenvalue weighted by molar-refractivity contribution is 7.47. The van der Waals surface area contributed by atoms with E-state index in [4.69, 9.17) is 19.1 Å². The zero-order chi connectivity index (χ0) is 39.8. The van der Waals surface area contributed by atoms with Crippen LogP contribution in [0.25, 0.3) is 0 Å². The molecule has 0 aromatic rings. The highest BCUT2D eigenvalue weighted by Crippen LogP contribution is 2.43. The van der Waals surface area contributed by atoms with Crippen LogP contribution in [0.15, 0.2) is 48.6 Å². The minimum atomic E-state index is -4.63. The van der Waals surface area contributed by atoms with Crippen LogP contribution in [0.3, 0.4) is 0 Å². The number of aliphatic hydroxyl groups excluding tert-OH is 2. The average molecular weight is 785 g/mol. The molecule has 0 aromatic heterocycles. The summed E-state index contributed by atoms with van der Waals surface area (Å²) in [5, 5.41) is 18.3. The molecule has 2 unspecified atom stereocenters. The first-order valence-corrected chi connectivity index (χ1v) is 22.6. The summed E-state index contributed by atoms with van der Waals surface area (Å²) in [4.78, 5) is 34.9. The maximum absolute atomic E-state index is 12.6. The Hall–Kier alpha value is -2.07. The third kappa shape index (κ3) is 38.2. The minimum absolute atomic E-state index is 0.138. The van der Waals surface area contributed by atoms with E-state index in [1.54, 1.807) is 0 Å². The fraction of sp³-hybridized carbons (Fsp3) is 0.767. The number of esters is 2. The van der Waals surface area contributed by atoms with Gasteiger partial charge in [-0.25, -0.2) is 4.57 Å². The van der Waals surface area contributed by atoms with E-state index in [1.165, 1.54) is 89.9 Å². The summed E-state index contributed by atoms with van der Waals surface area (Å²) in [5.41, 5.74) is 0. The third-order valence-electron chi connectivity index (χ3n) is 8.84. The predicted molar refractivity (Wildman–Crippen MR) is 219 cm³/mol. The first-order valence-electron chi connectivity index (χ1n) is 21.1. The van der Waals surface area contributed by atoms with Crippen LogP contribution in [0.1, 0.15) is 174 Å². The van der Waals surface area contributed by atoms with Gasteiger partial charge in [0.15, 0.2) is 6.10 Å². The molecule has 0 spiro atoms. The number of hydrogen-bond acceptors (Lipinski definition) is 9. The standard InChI is InChI=1S/C43H77O10P/c1-3-5-7-9-11-13-15-17-18-19-20-21-23-24-26-28-30-32-34-42(46)50-38-41(39-52-54(48,49)51-37-40(45)36-44)53-43(47)35-33-31-29-27-25-22-16-14-12-10-8-6-4-2/h6,8,10,12,14,16,22,25,40-41,44-45H,3-5,7,9,11,13,15,17-21,23-24,26-39H2,1-2H3,(H,48,49)/b8-6+,12-10+,16-14+,25-22+/t40-,41?/m1/s1. The van der Waals surface area contributed by atoms with Crippen molar-refractivity contribution in [3.05, 3.63) is 48.6 Å². The van der Waals surface area contributed by atoms with Crippen molar-refractivity contribution < 1.29 is 47.8 Å². The summed E-state index contributed by atoms with van der Waals surface area (Å²) >= 11 is 0. The number of unbranched alkanes of at least 4 members (excludes halogenated alkanes) is 20. The Morgan fingerprint density at radius 1 is 0.574 bits per heavy atom. The number of carbonyl (C=O) groups excluding carboxylic acids is 2. The Labute approximate surface area is 328 Å². The molecule has 0 fully saturated rings. The van der Waals surface area contributed by atoms with Gasteiger partial charge in [0.2, 0.25) is 0 Å². The molecule has 10 nitrogen and oxygen atoms in total. The van der Waals surface area contributed by atoms with Gasteiger partial charge in [0, 0.05) is 12.8 Å². The van der Waals surface area contributed by atoms with Gasteiger partial charge in [-0.1, -0.05) is 178 Å². The Balaban J connectivity index is 4.31. The van der Waals surface area contributed by atoms with E-state index in [1.807, 2.05) is 36.5 Å². The quantitative estimate of drug-likeness (QED) is 0.0238. The first kappa shape index (κ1) is 51.9. The molecule has 3 atom stereocenters. The van der Waals surface area contributed by atoms with Gasteiger partial charge in [0.05, 0.1) is 19.8 Å². The Morgan fingerprint density at radius 2 is 1.02 bits per heavy atom. The second-order valence-corrected chi connectivity index (χ2v) is 15.5. The van der Waals surface area contributed by atoms with Gasteiger partial charge in [-0.2, -0.15) is 0 Å². The predicted octanol–water partition coefficient (Wildman–Crippen LogP) is 10.9. The van der Waals surface area contributed by atoms with Gasteiger partial charge >= 0.3 is 19.8 Å². The van der Waals surface area contributed by atoms with Gasteiger partial charge in [-0.15, -0.1) is 0 Å². The highest BCUT2D eigenvalue weighted by atomic mass is 31.2. The molecule has 0 aliphatic carbocycles. The number of ether oxygens (including phenoxy) is 2. The number of carbonyl (C=O) groups is 2. The summed E-state index contributed by atoms with van der Waals surface area (Å²) in [6.07, 6.45) is 40.9. The lowest BCUT2D eigenvalue weighted by molar-refractivity contribution is -0.161. The van der Waals surface area contributed by atoms with E-state index in [-0.39, 0.29) is 19.4 Å². The van der Waals surface area contributed by atoms with Crippen LogP contribution in [0.5, 0.6) is 0 Å². The summed E-state index contributed by atoms with van der Waals surface area (Å²) in [7, 11) is -4.63. The lowest BCUT2D eigenvalue weighted by Crippen LogP contribution is -2.29. The molecule has 3 N–H and O–H groups in total. The molecule has 314 valence electrons. The molecule has 0 heterocycles. The van der Waals surface area contributed by atoms with Gasteiger partial charge in [-0.05, 0) is 32.1 Å². The van der Waals surface area contributed by atoms with Crippen LogP contribution < -0.4 is 0 Å². The lowest BCUT2D eigenvalue weighted by Gasteiger charge is -2.20. The molecule has 0 bridgehead atoms. The molecule has 0 saturated heterocycles. The molecule has 0 aliphatic rings. The van der Waals surface area contributed by atoms with Crippen LogP contribution in [0, 0.1) is 0 Å². The number of hydrogen-bond donors (Lipinski definition) is 3. The Morgan fingerprint density at radius 3 is 1.54 bits per heavy atom. The molecule has 0 amide bonds. The second-order valence-electron chi connectivity index (χ2n) is 14.1. The molecular weight excluding hydrogens is 707 g/mol. The summed E-state index contributed by atoms with van der Waals surface area (Å²) < 4.78 is 32.6. The first-order chi connectivity index (χ1) is 26.2. The fourth-order valence-electron chi connectivity index (χ4n) is 5.59. The summed E-state index contributed by atoms with van der Waals surface area (Å²) in [6.45, 7) is 2.19. The highest BCUT2D eigenvalue weighted by Gasteiger charge is 2.27. The number of rotatable bonds is 39. The van der Waals surface area contributed by atoms with Gasteiger partial charge < -0.3 is 24.6 Å². The van der Waals surface area contributed by atoms with Gasteiger partial charge in [-0.3, -0.25) is 18.6 Å². The number of allylic oxidation sites excluding steroid dienone is 8. The van der Waals surface area contributed by atoms with E-state index >= 15 is 0 Å². The maximum Gasteiger partial charge on any atom is 0.472 e. The van der Waals surface area contributed by atoms with Crippen molar-refractivity contribution in [2.45, 2.75) is 187 Å². The monoisotopic (exact) mass is 785 g/mol. The van der Waals surface area contributed by atoms with Gasteiger partial charge in [0.1, 0.15) is 12.7 Å². The normalized spacial score (nSPS) is 14.4. The second kappa shape index (κ2) is 39.2. The molecule has 0 aromatic carbocycles. The summed E-state index contributed by atoms with van der Waals surface area (Å²) in [5.74, 6) is -0.968. The molecule has 54 heavy (non-hydrogen) atoms. The van der Waals surface area contributed by atoms with E-state index in [0.717, 1.165) is 44.9 Å². The van der Waals surface area contributed by atoms with E-state index in [2.05, 4.69) is 30.5 Å². The van der Waals surface area contributed by atoms with Crippen molar-refractivity contribution in [2.75, 3.05) is 26.4 Å². The Kier molecular flexibility index (Phi) is 37.7. The molecule has 0 rings (SSSR count). The molecule has 0 radical (unpaired) electrons.